The third kappa shape index (κ3) is 4.43. The molecule has 2 N–H and O–H groups in total. The van der Waals surface area contributed by atoms with Gasteiger partial charge in [-0.25, -0.2) is 9.78 Å². The first kappa shape index (κ1) is 24.2. The predicted molar refractivity (Wildman–Crippen MR) is 134 cm³/mol. The molecule has 1 aliphatic rings. The number of hydrogen-bond donors (Lipinski definition) is 2. The monoisotopic (exact) mass is 509 g/mol. The molecule has 13 heteroatoms. The number of para-hydroxylation sites is 1. The number of nitrogens with zero attached hydrogens (tertiary/aromatic N) is 5. The highest BCUT2D eigenvalue weighted by atomic mass is 16.7. The molecular weight excluding hydrogens is 482 g/mol. The van der Waals surface area contributed by atoms with Crippen molar-refractivity contribution in [3.63, 3.8) is 0 Å². The van der Waals surface area contributed by atoms with Crippen molar-refractivity contribution in [2.24, 2.45) is 7.05 Å². The molecule has 13 nitrogen and oxygen atoms in total. The second-order valence-electron chi connectivity index (χ2n) is 8.54. The number of carbonyl (C=O) groups is 1. The van der Waals surface area contributed by atoms with Crippen molar-refractivity contribution in [3.05, 3.63) is 45.1 Å². The molecule has 1 aromatic carbocycles. The number of imidazole rings is 1. The van der Waals surface area contributed by atoms with E-state index in [1.165, 1.54) is 13.8 Å². The van der Waals surface area contributed by atoms with Gasteiger partial charge in [0.25, 0.3) is 11.5 Å². The van der Waals surface area contributed by atoms with E-state index in [2.05, 4.69) is 20.4 Å². The van der Waals surface area contributed by atoms with E-state index >= 15 is 0 Å². The number of carbonyl (C=O) groups excluding carboxylic acids is 1. The zero-order chi connectivity index (χ0) is 26.1. The lowest BCUT2D eigenvalue weighted by atomic mass is 10.2. The van der Waals surface area contributed by atoms with Crippen LogP contribution in [0.4, 0.5) is 5.69 Å². The molecule has 1 amide bonds. The van der Waals surface area contributed by atoms with E-state index in [9.17, 15) is 14.4 Å². The Balaban J connectivity index is 1.38. The Bertz CT molecular complexity index is 1600. The quantitative estimate of drug-likeness (QED) is 0.347. The number of amides is 1. The Morgan fingerprint density at radius 2 is 1.95 bits per heavy atom. The Morgan fingerprint density at radius 3 is 2.73 bits per heavy atom. The Morgan fingerprint density at radius 1 is 1.16 bits per heavy atom. The minimum Gasteiger partial charge on any atom is -0.466 e. The van der Waals surface area contributed by atoms with Crippen LogP contribution in [0.5, 0.6) is 17.4 Å². The summed E-state index contributed by atoms with van der Waals surface area (Å²) in [6.45, 7) is 4.41. The van der Waals surface area contributed by atoms with Crippen LogP contribution < -0.4 is 30.8 Å². The average molecular weight is 510 g/mol. The number of ether oxygens (including phenoxy) is 3. The molecule has 0 spiro atoms. The molecule has 0 saturated heterocycles. The Hall–Kier alpha value is -4.55. The molecule has 0 saturated carbocycles. The summed E-state index contributed by atoms with van der Waals surface area (Å²) in [5, 5.41) is 7.03. The van der Waals surface area contributed by atoms with Gasteiger partial charge in [-0.2, -0.15) is 0 Å². The van der Waals surface area contributed by atoms with Crippen LogP contribution in [-0.4, -0.2) is 48.2 Å². The molecule has 0 aliphatic carbocycles. The maximum Gasteiger partial charge on any atom is 0.332 e. The maximum atomic E-state index is 13.0. The van der Waals surface area contributed by atoms with E-state index in [1.54, 1.807) is 31.3 Å². The topological polar surface area (TPSA) is 147 Å². The fraction of sp³-hybridized carbons (Fsp3) is 0.375. The van der Waals surface area contributed by atoms with Crippen molar-refractivity contribution in [2.45, 2.75) is 39.8 Å². The number of benzene rings is 1. The van der Waals surface area contributed by atoms with Crippen molar-refractivity contribution in [1.29, 1.82) is 0 Å². The summed E-state index contributed by atoms with van der Waals surface area (Å²) in [5.41, 5.74) is 0.768. The summed E-state index contributed by atoms with van der Waals surface area (Å²) < 4.78 is 20.6. The van der Waals surface area contributed by atoms with Crippen LogP contribution in [0.15, 0.2) is 33.9 Å². The van der Waals surface area contributed by atoms with Gasteiger partial charge in [0, 0.05) is 26.2 Å². The molecule has 4 heterocycles. The summed E-state index contributed by atoms with van der Waals surface area (Å²) in [5.74, 6) is 1.18. The SMILES string of the molecule is CCCn1c(=O)c2[nH]c(-c3cc(OCC(=O)Nc4cccc5c4OCO5)nn3C)nc2n(CCC)c1=O. The molecule has 0 radical (unpaired) electrons. The Kier molecular flexibility index (Phi) is 6.42. The zero-order valence-electron chi connectivity index (χ0n) is 20.7. The van der Waals surface area contributed by atoms with Crippen LogP contribution in [0.1, 0.15) is 26.7 Å². The summed E-state index contributed by atoms with van der Waals surface area (Å²) in [6.07, 6.45) is 1.36. The van der Waals surface area contributed by atoms with Gasteiger partial charge in [-0.05, 0) is 25.0 Å². The van der Waals surface area contributed by atoms with E-state index in [1.807, 2.05) is 13.8 Å². The number of aromatic nitrogens is 6. The number of hydrogen-bond acceptors (Lipinski definition) is 8. The van der Waals surface area contributed by atoms with Gasteiger partial charge in [0.15, 0.2) is 29.6 Å². The molecule has 3 aromatic heterocycles. The minimum absolute atomic E-state index is 0.0955. The maximum absolute atomic E-state index is 13.0. The molecule has 5 rings (SSSR count). The van der Waals surface area contributed by atoms with Crippen molar-refractivity contribution in [3.8, 4) is 28.9 Å². The summed E-state index contributed by atoms with van der Waals surface area (Å²) >= 11 is 0. The van der Waals surface area contributed by atoms with Crippen LogP contribution in [-0.2, 0) is 24.9 Å². The molecule has 1 aliphatic heterocycles. The molecular formula is C24H27N7O6. The third-order valence-electron chi connectivity index (χ3n) is 5.88. The van der Waals surface area contributed by atoms with Gasteiger partial charge in [0.2, 0.25) is 12.7 Å². The highest BCUT2D eigenvalue weighted by Gasteiger charge is 2.21. The summed E-state index contributed by atoms with van der Waals surface area (Å²) in [7, 11) is 1.69. The smallest absolute Gasteiger partial charge is 0.332 e. The Labute approximate surface area is 210 Å². The van der Waals surface area contributed by atoms with Gasteiger partial charge in [-0.3, -0.25) is 23.4 Å². The second kappa shape index (κ2) is 9.84. The van der Waals surface area contributed by atoms with Gasteiger partial charge in [-0.1, -0.05) is 19.9 Å². The summed E-state index contributed by atoms with van der Waals surface area (Å²) in [4.78, 5) is 46.0. The van der Waals surface area contributed by atoms with Crippen LogP contribution in [0.2, 0.25) is 0 Å². The molecule has 0 fully saturated rings. The summed E-state index contributed by atoms with van der Waals surface area (Å²) in [6, 6.07) is 6.82. The largest absolute Gasteiger partial charge is 0.466 e. The van der Waals surface area contributed by atoms with E-state index in [4.69, 9.17) is 14.2 Å². The molecule has 0 bridgehead atoms. The number of nitrogens with one attached hydrogen (secondary N) is 2. The number of H-pyrrole nitrogens is 1. The number of anilines is 1. The van der Waals surface area contributed by atoms with Crippen molar-refractivity contribution < 1.29 is 19.0 Å². The second-order valence-corrected chi connectivity index (χ2v) is 8.54. The van der Waals surface area contributed by atoms with Crippen molar-refractivity contribution in [2.75, 3.05) is 18.7 Å². The van der Waals surface area contributed by atoms with Gasteiger partial charge in [-0.15, -0.1) is 5.10 Å². The van der Waals surface area contributed by atoms with E-state index in [-0.39, 0.29) is 30.5 Å². The first-order valence-corrected chi connectivity index (χ1v) is 12.0. The molecule has 37 heavy (non-hydrogen) atoms. The zero-order valence-corrected chi connectivity index (χ0v) is 20.7. The molecule has 4 aromatic rings. The minimum atomic E-state index is -0.412. The van der Waals surface area contributed by atoms with Crippen LogP contribution in [0.3, 0.4) is 0 Å². The third-order valence-corrected chi connectivity index (χ3v) is 5.88. The molecule has 0 unspecified atom stereocenters. The van der Waals surface area contributed by atoms with Crippen LogP contribution in [0, 0.1) is 0 Å². The number of fused-ring (bicyclic) bond motifs is 2. The van der Waals surface area contributed by atoms with E-state index < -0.39 is 11.5 Å². The fourth-order valence-corrected chi connectivity index (χ4v) is 4.22. The standard InChI is InChI=1S/C24H27N7O6/c1-4-9-30-22-19(23(33)31(10-5-2)24(30)34)26-21(27-22)15-11-18(28-29(15)3)35-12-17(32)25-14-7-6-8-16-20(14)37-13-36-16/h6-8,11H,4-5,9-10,12-13H2,1-3H3,(H,25,32)(H,26,27). The lowest BCUT2D eigenvalue weighted by molar-refractivity contribution is -0.118. The van der Waals surface area contributed by atoms with Gasteiger partial charge in [0.05, 0.1) is 5.69 Å². The van der Waals surface area contributed by atoms with Gasteiger partial charge in [0.1, 0.15) is 11.2 Å². The number of aromatic amines is 1. The normalized spacial score (nSPS) is 12.3. The van der Waals surface area contributed by atoms with Crippen molar-refractivity contribution in [1.82, 2.24) is 28.9 Å². The van der Waals surface area contributed by atoms with E-state index in [0.717, 1.165) is 0 Å². The fourth-order valence-electron chi connectivity index (χ4n) is 4.22. The highest BCUT2D eigenvalue weighted by molar-refractivity contribution is 5.94. The first-order chi connectivity index (χ1) is 17.9. The predicted octanol–water partition coefficient (Wildman–Crippen LogP) is 1.85. The first-order valence-electron chi connectivity index (χ1n) is 12.0. The number of rotatable bonds is 9. The van der Waals surface area contributed by atoms with Crippen LogP contribution in [0.25, 0.3) is 22.7 Å². The highest BCUT2D eigenvalue weighted by Crippen LogP contribution is 2.38. The van der Waals surface area contributed by atoms with Gasteiger partial charge >= 0.3 is 5.69 Å². The average Bonchev–Trinajstić information content (AvgIpc) is 3.62. The molecule has 194 valence electrons. The molecule has 0 atom stereocenters. The number of aryl methyl sites for hydroxylation is 2. The van der Waals surface area contributed by atoms with Crippen molar-refractivity contribution >= 4 is 22.8 Å². The lowest BCUT2D eigenvalue weighted by Crippen LogP contribution is -2.40. The van der Waals surface area contributed by atoms with E-state index in [0.29, 0.717) is 60.3 Å². The lowest BCUT2D eigenvalue weighted by Gasteiger charge is -2.09. The van der Waals surface area contributed by atoms with Crippen LogP contribution >= 0.6 is 0 Å². The van der Waals surface area contributed by atoms with Gasteiger partial charge < -0.3 is 24.5 Å².